The van der Waals surface area contributed by atoms with Crippen LogP contribution in [0.1, 0.15) is 37.2 Å². The van der Waals surface area contributed by atoms with Crippen molar-refractivity contribution in [1.82, 2.24) is 9.78 Å². The summed E-state index contributed by atoms with van der Waals surface area (Å²) in [4.78, 5) is 0. The first-order valence-electron chi connectivity index (χ1n) is 6.22. The maximum atomic E-state index is 6.19. The predicted octanol–water partition coefficient (Wildman–Crippen LogP) is 4.01. The van der Waals surface area contributed by atoms with Crippen LogP contribution in [0.4, 0.5) is 0 Å². The first-order valence-corrected chi connectivity index (χ1v) is 6.97. The molecule has 0 spiro atoms. The molecule has 1 aromatic heterocycles. The molecule has 0 saturated carbocycles. The SMILES string of the molecule is CC(C)n1ccc(CC(N)c2ccc(Cl)cc2Cl)n1. The van der Waals surface area contributed by atoms with Gasteiger partial charge in [-0.2, -0.15) is 5.10 Å². The quantitative estimate of drug-likeness (QED) is 0.926. The highest BCUT2D eigenvalue weighted by Crippen LogP contribution is 2.26. The second-order valence-corrected chi connectivity index (χ2v) is 5.70. The number of benzene rings is 1. The maximum Gasteiger partial charge on any atom is 0.0643 e. The van der Waals surface area contributed by atoms with Crippen LogP contribution in [-0.4, -0.2) is 9.78 Å². The van der Waals surface area contributed by atoms with E-state index in [1.165, 1.54) is 0 Å². The van der Waals surface area contributed by atoms with Crippen molar-refractivity contribution >= 4 is 23.2 Å². The largest absolute Gasteiger partial charge is 0.324 e. The van der Waals surface area contributed by atoms with E-state index in [2.05, 4.69) is 18.9 Å². The molecule has 0 bridgehead atoms. The normalized spacial score (nSPS) is 12.9. The van der Waals surface area contributed by atoms with E-state index < -0.39 is 0 Å². The average molecular weight is 298 g/mol. The first-order chi connectivity index (χ1) is 8.97. The molecule has 0 saturated heterocycles. The van der Waals surface area contributed by atoms with Crippen molar-refractivity contribution in [2.45, 2.75) is 32.4 Å². The van der Waals surface area contributed by atoms with Gasteiger partial charge in [0.2, 0.25) is 0 Å². The summed E-state index contributed by atoms with van der Waals surface area (Å²) < 4.78 is 1.92. The zero-order valence-corrected chi connectivity index (χ0v) is 12.5. The van der Waals surface area contributed by atoms with Gasteiger partial charge in [-0.05, 0) is 37.6 Å². The molecule has 0 radical (unpaired) electrons. The van der Waals surface area contributed by atoms with Crippen molar-refractivity contribution in [3.05, 3.63) is 51.8 Å². The van der Waals surface area contributed by atoms with Gasteiger partial charge in [0.1, 0.15) is 0 Å². The van der Waals surface area contributed by atoms with Crippen LogP contribution in [0.5, 0.6) is 0 Å². The molecule has 1 unspecified atom stereocenters. The number of halogens is 2. The summed E-state index contributed by atoms with van der Waals surface area (Å²) in [5.41, 5.74) is 8.05. The Hall–Kier alpha value is -1.03. The van der Waals surface area contributed by atoms with Gasteiger partial charge in [0.15, 0.2) is 0 Å². The van der Waals surface area contributed by atoms with Crippen molar-refractivity contribution in [2.75, 3.05) is 0 Å². The van der Waals surface area contributed by atoms with E-state index in [9.17, 15) is 0 Å². The Labute approximate surface area is 123 Å². The van der Waals surface area contributed by atoms with Gasteiger partial charge in [0.05, 0.1) is 5.69 Å². The molecule has 19 heavy (non-hydrogen) atoms. The Bertz CT molecular complexity index is 564. The third-order valence-electron chi connectivity index (χ3n) is 2.98. The Kier molecular flexibility index (Phi) is 4.50. The van der Waals surface area contributed by atoms with Gasteiger partial charge >= 0.3 is 0 Å². The molecule has 0 aliphatic heterocycles. The maximum absolute atomic E-state index is 6.19. The molecule has 2 aromatic rings. The fraction of sp³-hybridized carbons (Fsp3) is 0.357. The highest BCUT2D eigenvalue weighted by molar-refractivity contribution is 6.35. The molecule has 1 atom stereocenters. The van der Waals surface area contributed by atoms with Crippen molar-refractivity contribution in [2.24, 2.45) is 5.73 Å². The van der Waals surface area contributed by atoms with Crippen molar-refractivity contribution in [1.29, 1.82) is 0 Å². The van der Waals surface area contributed by atoms with Gasteiger partial charge in [-0.25, -0.2) is 0 Å². The topological polar surface area (TPSA) is 43.8 Å². The molecule has 0 aliphatic rings. The Morgan fingerprint density at radius 3 is 2.58 bits per heavy atom. The van der Waals surface area contributed by atoms with E-state index >= 15 is 0 Å². The fourth-order valence-corrected chi connectivity index (χ4v) is 2.46. The van der Waals surface area contributed by atoms with Crippen molar-refractivity contribution < 1.29 is 0 Å². The van der Waals surface area contributed by atoms with E-state index in [4.69, 9.17) is 28.9 Å². The van der Waals surface area contributed by atoms with Crippen LogP contribution in [0.15, 0.2) is 30.5 Å². The van der Waals surface area contributed by atoms with E-state index in [1.54, 1.807) is 12.1 Å². The van der Waals surface area contributed by atoms with Crippen molar-refractivity contribution in [3.8, 4) is 0 Å². The second-order valence-electron chi connectivity index (χ2n) is 4.86. The van der Waals surface area contributed by atoms with Crippen molar-refractivity contribution in [3.63, 3.8) is 0 Å². The van der Waals surface area contributed by atoms with Gasteiger partial charge in [-0.1, -0.05) is 29.3 Å². The minimum Gasteiger partial charge on any atom is -0.324 e. The first kappa shape index (κ1) is 14.4. The molecule has 0 fully saturated rings. The zero-order valence-electron chi connectivity index (χ0n) is 11.0. The summed E-state index contributed by atoms with van der Waals surface area (Å²) in [6.07, 6.45) is 2.62. The van der Waals surface area contributed by atoms with Crippen LogP contribution < -0.4 is 5.73 Å². The smallest absolute Gasteiger partial charge is 0.0643 e. The van der Waals surface area contributed by atoms with Crippen LogP contribution >= 0.6 is 23.2 Å². The third kappa shape index (κ3) is 3.50. The summed E-state index contributed by atoms with van der Waals surface area (Å²) in [6.45, 7) is 4.18. The number of nitrogens with zero attached hydrogens (tertiary/aromatic N) is 2. The van der Waals surface area contributed by atoms with E-state index in [-0.39, 0.29) is 6.04 Å². The highest BCUT2D eigenvalue weighted by Gasteiger charge is 2.13. The summed E-state index contributed by atoms with van der Waals surface area (Å²) >= 11 is 12.0. The summed E-state index contributed by atoms with van der Waals surface area (Å²) in [5.74, 6) is 0. The van der Waals surface area contributed by atoms with Gasteiger partial charge in [-0.15, -0.1) is 0 Å². The molecule has 2 N–H and O–H groups in total. The molecule has 1 heterocycles. The van der Waals surface area contributed by atoms with E-state index in [0.717, 1.165) is 11.3 Å². The molecule has 2 rings (SSSR count). The van der Waals surface area contributed by atoms with Crippen LogP contribution in [0.25, 0.3) is 0 Å². The summed E-state index contributed by atoms with van der Waals surface area (Å²) in [6, 6.07) is 7.54. The minimum atomic E-state index is -0.180. The lowest BCUT2D eigenvalue weighted by Gasteiger charge is -2.12. The van der Waals surface area contributed by atoms with Gasteiger partial charge in [0, 0.05) is 34.7 Å². The van der Waals surface area contributed by atoms with Gasteiger partial charge in [0.25, 0.3) is 0 Å². The molecule has 102 valence electrons. The Balaban J connectivity index is 2.13. The second kappa shape index (κ2) is 5.95. The molecule has 0 amide bonds. The summed E-state index contributed by atoms with van der Waals surface area (Å²) in [7, 11) is 0. The van der Waals surface area contributed by atoms with Crippen LogP contribution in [0.2, 0.25) is 10.0 Å². The van der Waals surface area contributed by atoms with Crippen LogP contribution in [0, 0.1) is 0 Å². The van der Waals surface area contributed by atoms with Crippen LogP contribution in [-0.2, 0) is 6.42 Å². The Morgan fingerprint density at radius 1 is 1.26 bits per heavy atom. The number of aromatic nitrogens is 2. The van der Waals surface area contributed by atoms with Crippen LogP contribution in [0.3, 0.4) is 0 Å². The number of rotatable bonds is 4. The monoisotopic (exact) mass is 297 g/mol. The van der Waals surface area contributed by atoms with Gasteiger partial charge < -0.3 is 5.73 Å². The number of hydrogen-bond acceptors (Lipinski definition) is 2. The molecule has 1 aromatic carbocycles. The molecular weight excluding hydrogens is 281 g/mol. The standard InChI is InChI=1S/C14H17Cl2N3/c1-9(2)19-6-5-11(18-19)8-14(17)12-4-3-10(15)7-13(12)16/h3-7,9,14H,8,17H2,1-2H3. The lowest BCUT2D eigenvalue weighted by Crippen LogP contribution is -2.14. The predicted molar refractivity (Wildman–Crippen MR) is 79.7 cm³/mol. The Morgan fingerprint density at radius 2 is 2.00 bits per heavy atom. The lowest BCUT2D eigenvalue weighted by atomic mass is 10.0. The molecular formula is C14H17Cl2N3. The lowest BCUT2D eigenvalue weighted by molar-refractivity contribution is 0.522. The average Bonchev–Trinajstić information content (AvgIpc) is 2.77. The molecule has 3 nitrogen and oxygen atoms in total. The zero-order chi connectivity index (χ0) is 14.0. The van der Waals surface area contributed by atoms with E-state index in [1.807, 2.05) is 23.0 Å². The van der Waals surface area contributed by atoms with Gasteiger partial charge in [-0.3, -0.25) is 4.68 Å². The minimum absolute atomic E-state index is 0.180. The highest BCUT2D eigenvalue weighted by atomic mass is 35.5. The molecule has 0 aliphatic carbocycles. The van der Waals surface area contributed by atoms with E-state index in [0.29, 0.717) is 22.5 Å². The molecule has 5 heteroatoms. The number of nitrogens with two attached hydrogens (primary N) is 1. The third-order valence-corrected chi connectivity index (χ3v) is 3.55. The summed E-state index contributed by atoms with van der Waals surface area (Å²) in [5, 5.41) is 5.71. The fourth-order valence-electron chi connectivity index (χ4n) is 1.91. The number of hydrogen-bond donors (Lipinski definition) is 1.